The molecular weight excluding hydrogens is 292 g/mol. The van der Waals surface area contributed by atoms with E-state index in [2.05, 4.69) is 27.1 Å². The molecule has 122 valence electrons. The van der Waals surface area contributed by atoms with Crippen molar-refractivity contribution < 1.29 is 9.47 Å². The maximum atomic E-state index is 5.40. The maximum Gasteiger partial charge on any atom is 0.231 e. The molecule has 0 saturated heterocycles. The van der Waals surface area contributed by atoms with Crippen LogP contribution in [-0.2, 0) is 6.54 Å². The van der Waals surface area contributed by atoms with Crippen LogP contribution in [0.3, 0.4) is 0 Å². The minimum atomic E-state index is 0.297. The van der Waals surface area contributed by atoms with Gasteiger partial charge in [0.2, 0.25) is 12.7 Å². The number of rotatable bonds is 7. The number of nitrogens with one attached hydrogen (secondary N) is 1. The SMILES string of the molecule is CCCCN(C)c1nccc(NCc2ccc3c(c2)OCO3)n1. The number of benzene rings is 1. The number of hydrogen-bond acceptors (Lipinski definition) is 6. The van der Waals surface area contributed by atoms with Crippen LogP contribution in [0.1, 0.15) is 25.3 Å². The molecule has 6 nitrogen and oxygen atoms in total. The molecule has 0 fully saturated rings. The zero-order valence-corrected chi connectivity index (χ0v) is 13.6. The molecule has 1 aliphatic rings. The lowest BCUT2D eigenvalue weighted by Crippen LogP contribution is -2.21. The average molecular weight is 314 g/mol. The Labute approximate surface area is 136 Å². The Morgan fingerprint density at radius 3 is 2.96 bits per heavy atom. The van der Waals surface area contributed by atoms with Crippen LogP contribution in [0, 0.1) is 0 Å². The fraction of sp³-hybridized carbons (Fsp3) is 0.412. The topological polar surface area (TPSA) is 59.5 Å². The van der Waals surface area contributed by atoms with Gasteiger partial charge in [0.05, 0.1) is 0 Å². The molecule has 2 aromatic rings. The molecule has 0 amide bonds. The third-order valence-corrected chi connectivity index (χ3v) is 3.74. The largest absolute Gasteiger partial charge is 0.454 e. The summed E-state index contributed by atoms with van der Waals surface area (Å²) in [5.74, 6) is 3.16. The van der Waals surface area contributed by atoms with Gasteiger partial charge in [-0.1, -0.05) is 19.4 Å². The quantitative estimate of drug-likeness (QED) is 0.847. The number of anilines is 2. The van der Waals surface area contributed by atoms with Crippen molar-refractivity contribution in [2.75, 3.05) is 30.6 Å². The molecule has 2 heterocycles. The monoisotopic (exact) mass is 314 g/mol. The fourth-order valence-electron chi connectivity index (χ4n) is 2.37. The van der Waals surface area contributed by atoms with Crippen LogP contribution in [-0.4, -0.2) is 30.4 Å². The standard InChI is InChI=1S/C17H22N4O2/c1-3-4-9-21(2)17-18-8-7-16(20-17)19-11-13-5-6-14-15(10-13)23-12-22-14/h5-8,10H,3-4,9,11-12H2,1-2H3,(H,18,19,20). The minimum absolute atomic E-state index is 0.297. The molecule has 1 aromatic heterocycles. The zero-order valence-electron chi connectivity index (χ0n) is 13.6. The predicted octanol–water partition coefficient (Wildman–Crippen LogP) is 3.05. The van der Waals surface area contributed by atoms with Gasteiger partial charge in [-0.15, -0.1) is 0 Å². The molecule has 0 spiro atoms. The molecule has 0 aliphatic carbocycles. The lowest BCUT2D eigenvalue weighted by molar-refractivity contribution is 0.174. The van der Waals surface area contributed by atoms with Gasteiger partial charge in [0, 0.05) is 26.3 Å². The van der Waals surface area contributed by atoms with Gasteiger partial charge < -0.3 is 19.7 Å². The van der Waals surface area contributed by atoms with Gasteiger partial charge in [-0.05, 0) is 30.2 Å². The summed E-state index contributed by atoms with van der Waals surface area (Å²) in [5.41, 5.74) is 1.12. The maximum absolute atomic E-state index is 5.40. The highest BCUT2D eigenvalue weighted by Crippen LogP contribution is 2.32. The second-order valence-corrected chi connectivity index (χ2v) is 5.56. The highest BCUT2D eigenvalue weighted by atomic mass is 16.7. The van der Waals surface area contributed by atoms with Crippen LogP contribution in [0.4, 0.5) is 11.8 Å². The molecule has 0 bridgehead atoms. The van der Waals surface area contributed by atoms with Gasteiger partial charge in [-0.3, -0.25) is 0 Å². The average Bonchev–Trinajstić information content (AvgIpc) is 3.06. The van der Waals surface area contributed by atoms with Gasteiger partial charge >= 0.3 is 0 Å². The van der Waals surface area contributed by atoms with Crippen molar-refractivity contribution in [1.82, 2.24) is 9.97 Å². The van der Waals surface area contributed by atoms with E-state index in [0.29, 0.717) is 13.3 Å². The van der Waals surface area contributed by atoms with E-state index in [1.807, 2.05) is 31.3 Å². The molecule has 0 atom stereocenters. The Balaban J connectivity index is 1.62. The second kappa shape index (κ2) is 7.17. The molecule has 23 heavy (non-hydrogen) atoms. The Bertz CT molecular complexity index is 663. The molecule has 0 saturated carbocycles. The number of aromatic nitrogens is 2. The summed E-state index contributed by atoms with van der Waals surface area (Å²) < 4.78 is 10.7. The van der Waals surface area contributed by atoms with Crippen LogP contribution >= 0.6 is 0 Å². The molecule has 6 heteroatoms. The van der Waals surface area contributed by atoms with Crippen LogP contribution in [0.15, 0.2) is 30.5 Å². The van der Waals surface area contributed by atoms with E-state index in [-0.39, 0.29) is 0 Å². The summed E-state index contributed by atoms with van der Waals surface area (Å²) in [6.07, 6.45) is 4.08. The molecule has 0 radical (unpaired) electrons. The summed E-state index contributed by atoms with van der Waals surface area (Å²) in [7, 11) is 2.02. The van der Waals surface area contributed by atoms with E-state index in [4.69, 9.17) is 9.47 Å². The molecular formula is C17H22N4O2. The Hall–Kier alpha value is -2.50. The van der Waals surface area contributed by atoms with Gasteiger partial charge in [-0.2, -0.15) is 4.98 Å². The Morgan fingerprint density at radius 1 is 1.22 bits per heavy atom. The molecule has 1 aliphatic heterocycles. The highest BCUT2D eigenvalue weighted by molar-refractivity contribution is 5.46. The summed E-state index contributed by atoms with van der Waals surface area (Å²) >= 11 is 0. The lowest BCUT2D eigenvalue weighted by atomic mass is 10.2. The van der Waals surface area contributed by atoms with E-state index in [0.717, 1.165) is 48.2 Å². The summed E-state index contributed by atoms with van der Waals surface area (Å²) in [4.78, 5) is 11.0. The van der Waals surface area contributed by atoms with Crippen molar-refractivity contribution in [2.45, 2.75) is 26.3 Å². The Kier molecular flexibility index (Phi) is 4.80. The van der Waals surface area contributed by atoms with E-state index >= 15 is 0 Å². The van der Waals surface area contributed by atoms with E-state index in [1.54, 1.807) is 6.20 Å². The number of ether oxygens (including phenoxy) is 2. The van der Waals surface area contributed by atoms with Crippen LogP contribution in [0.2, 0.25) is 0 Å². The first kappa shape index (κ1) is 15.4. The number of unbranched alkanes of at least 4 members (excludes halogenated alkanes) is 1. The molecule has 3 rings (SSSR count). The highest BCUT2D eigenvalue weighted by Gasteiger charge is 2.13. The molecule has 0 unspecified atom stereocenters. The second-order valence-electron chi connectivity index (χ2n) is 5.56. The van der Waals surface area contributed by atoms with Crippen molar-refractivity contribution in [3.05, 3.63) is 36.0 Å². The first-order valence-corrected chi connectivity index (χ1v) is 7.93. The van der Waals surface area contributed by atoms with Crippen molar-refractivity contribution in [3.8, 4) is 11.5 Å². The van der Waals surface area contributed by atoms with Gasteiger partial charge in [0.15, 0.2) is 11.5 Å². The smallest absolute Gasteiger partial charge is 0.231 e. The predicted molar refractivity (Wildman–Crippen MR) is 90.1 cm³/mol. The fourth-order valence-corrected chi connectivity index (χ4v) is 2.37. The zero-order chi connectivity index (χ0) is 16.1. The van der Waals surface area contributed by atoms with Crippen LogP contribution in [0.25, 0.3) is 0 Å². The first-order valence-electron chi connectivity index (χ1n) is 7.93. The van der Waals surface area contributed by atoms with Gasteiger partial charge in [0.1, 0.15) is 5.82 Å². The Morgan fingerprint density at radius 2 is 2.09 bits per heavy atom. The van der Waals surface area contributed by atoms with Gasteiger partial charge in [-0.25, -0.2) is 4.98 Å². The lowest BCUT2D eigenvalue weighted by Gasteiger charge is -2.17. The number of nitrogens with zero attached hydrogens (tertiary/aromatic N) is 3. The molecule has 1 N–H and O–H groups in total. The van der Waals surface area contributed by atoms with Crippen LogP contribution < -0.4 is 19.7 Å². The summed E-state index contributed by atoms with van der Waals surface area (Å²) in [6, 6.07) is 7.83. The number of fused-ring (bicyclic) bond motifs is 1. The van der Waals surface area contributed by atoms with E-state index in [1.165, 1.54) is 0 Å². The third kappa shape index (κ3) is 3.83. The van der Waals surface area contributed by atoms with Crippen molar-refractivity contribution in [3.63, 3.8) is 0 Å². The van der Waals surface area contributed by atoms with E-state index in [9.17, 15) is 0 Å². The normalized spacial score (nSPS) is 12.3. The van der Waals surface area contributed by atoms with Crippen LogP contribution in [0.5, 0.6) is 11.5 Å². The third-order valence-electron chi connectivity index (χ3n) is 3.74. The van der Waals surface area contributed by atoms with Gasteiger partial charge in [0.25, 0.3) is 0 Å². The molecule has 1 aromatic carbocycles. The van der Waals surface area contributed by atoms with E-state index < -0.39 is 0 Å². The minimum Gasteiger partial charge on any atom is -0.454 e. The summed E-state index contributed by atoms with van der Waals surface area (Å²) in [6.45, 7) is 4.11. The van der Waals surface area contributed by atoms with Crippen molar-refractivity contribution >= 4 is 11.8 Å². The first-order chi connectivity index (χ1) is 11.3. The van der Waals surface area contributed by atoms with Crippen molar-refractivity contribution in [2.24, 2.45) is 0 Å². The number of hydrogen-bond donors (Lipinski definition) is 1. The summed E-state index contributed by atoms with van der Waals surface area (Å²) in [5, 5.41) is 3.33. The van der Waals surface area contributed by atoms with Crippen molar-refractivity contribution in [1.29, 1.82) is 0 Å².